The molecule has 0 spiro atoms. The number of aromatic nitrogens is 1. The summed E-state index contributed by atoms with van der Waals surface area (Å²) in [6.07, 6.45) is 6.95. The Morgan fingerprint density at radius 3 is 3.00 bits per heavy atom. The van der Waals surface area contributed by atoms with Crippen LogP contribution < -0.4 is 4.74 Å². The van der Waals surface area contributed by atoms with Crippen LogP contribution in [0.5, 0.6) is 5.75 Å². The molecular formula is C16H18BrNO2. The topological polar surface area (TPSA) is 34.4 Å². The van der Waals surface area contributed by atoms with Crippen LogP contribution >= 0.6 is 15.9 Å². The molecule has 0 amide bonds. The van der Waals surface area contributed by atoms with Crippen molar-refractivity contribution in [3.05, 3.63) is 51.8 Å². The van der Waals surface area contributed by atoms with E-state index >= 15 is 0 Å². The Hall–Kier alpha value is -1.26. The van der Waals surface area contributed by atoms with E-state index in [4.69, 9.17) is 4.74 Å². The zero-order valence-corrected chi connectivity index (χ0v) is 13.1. The number of methoxy groups -OCH3 is 1. The minimum atomic E-state index is -0.297. The van der Waals surface area contributed by atoms with Crippen molar-refractivity contribution in [3.8, 4) is 5.75 Å². The molecule has 3 nitrogen and oxygen atoms in total. The quantitative estimate of drug-likeness (QED) is 0.928. The van der Waals surface area contributed by atoms with E-state index in [1.54, 1.807) is 7.11 Å². The largest absolute Gasteiger partial charge is 0.497 e. The fourth-order valence-electron chi connectivity index (χ4n) is 2.81. The summed E-state index contributed by atoms with van der Waals surface area (Å²) in [4.78, 5) is 0. The van der Waals surface area contributed by atoms with Crippen LogP contribution in [0.25, 0.3) is 0 Å². The fourth-order valence-corrected chi connectivity index (χ4v) is 3.18. The normalized spacial score (nSPS) is 17.9. The second-order valence-electron chi connectivity index (χ2n) is 5.28. The van der Waals surface area contributed by atoms with E-state index in [1.165, 1.54) is 11.1 Å². The molecule has 3 rings (SSSR count). The molecule has 20 heavy (non-hydrogen) atoms. The first kappa shape index (κ1) is 13.7. The third-order valence-electron chi connectivity index (χ3n) is 3.89. The number of benzene rings is 1. The molecule has 1 unspecified atom stereocenters. The van der Waals surface area contributed by atoms with Crippen LogP contribution in [0.15, 0.2) is 35.1 Å². The fraction of sp³-hybridized carbons (Fsp3) is 0.375. The Kier molecular flexibility index (Phi) is 3.85. The molecule has 1 heterocycles. The Morgan fingerprint density at radius 2 is 2.25 bits per heavy atom. The lowest BCUT2D eigenvalue weighted by Gasteiger charge is -2.16. The number of hydrogen-bond acceptors (Lipinski definition) is 2. The van der Waals surface area contributed by atoms with Crippen molar-refractivity contribution in [1.82, 2.24) is 4.57 Å². The van der Waals surface area contributed by atoms with Crippen molar-refractivity contribution >= 4 is 15.9 Å². The van der Waals surface area contributed by atoms with Gasteiger partial charge >= 0.3 is 0 Å². The summed E-state index contributed by atoms with van der Waals surface area (Å²) in [5.41, 5.74) is 3.55. The molecule has 0 aliphatic heterocycles. The van der Waals surface area contributed by atoms with Crippen molar-refractivity contribution in [2.45, 2.75) is 31.9 Å². The molecule has 1 atom stereocenters. The van der Waals surface area contributed by atoms with Crippen LogP contribution in [-0.4, -0.2) is 16.8 Å². The molecule has 0 radical (unpaired) electrons. The SMILES string of the molecule is COc1ccc(Br)c(Cn2cc3c(c2)C(O)CCC3)c1. The number of ether oxygens (including phenoxy) is 1. The van der Waals surface area contributed by atoms with Crippen molar-refractivity contribution in [1.29, 1.82) is 0 Å². The number of rotatable bonds is 3. The average molecular weight is 336 g/mol. The highest BCUT2D eigenvalue weighted by Crippen LogP contribution is 2.31. The first-order valence-electron chi connectivity index (χ1n) is 6.86. The van der Waals surface area contributed by atoms with E-state index in [1.807, 2.05) is 18.2 Å². The molecule has 2 aromatic rings. The van der Waals surface area contributed by atoms with E-state index in [0.717, 1.165) is 41.6 Å². The standard InChI is InChI=1S/C16H18BrNO2/c1-20-13-5-6-15(17)12(7-13)9-18-8-11-3-2-4-16(19)14(11)10-18/h5-8,10,16,19H,2-4,9H2,1H3. The highest BCUT2D eigenvalue weighted by molar-refractivity contribution is 9.10. The summed E-state index contributed by atoms with van der Waals surface area (Å²) in [5, 5.41) is 10.0. The number of nitrogens with zero attached hydrogens (tertiary/aromatic N) is 1. The summed E-state index contributed by atoms with van der Waals surface area (Å²) >= 11 is 3.58. The molecule has 106 valence electrons. The van der Waals surface area contributed by atoms with E-state index in [0.29, 0.717) is 0 Å². The molecule has 0 fully saturated rings. The predicted octanol–water partition coefficient (Wildman–Crippen LogP) is 3.68. The third-order valence-corrected chi connectivity index (χ3v) is 4.66. The van der Waals surface area contributed by atoms with Gasteiger partial charge in [0.15, 0.2) is 0 Å². The molecule has 1 aromatic heterocycles. The summed E-state index contributed by atoms with van der Waals surface area (Å²) in [5.74, 6) is 0.861. The second-order valence-corrected chi connectivity index (χ2v) is 6.13. The smallest absolute Gasteiger partial charge is 0.119 e. The van der Waals surface area contributed by atoms with E-state index in [9.17, 15) is 5.11 Å². The third kappa shape index (κ3) is 2.63. The maximum atomic E-state index is 10.0. The summed E-state index contributed by atoms with van der Waals surface area (Å²) < 4.78 is 8.50. The van der Waals surface area contributed by atoms with Crippen LogP contribution in [0.3, 0.4) is 0 Å². The maximum Gasteiger partial charge on any atom is 0.119 e. The van der Waals surface area contributed by atoms with Crippen LogP contribution in [0, 0.1) is 0 Å². The van der Waals surface area contributed by atoms with Crippen LogP contribution in [0.1, 0.15) is 35.6 Å². The van der Waals surface area contributed by atoms with E-state index in [-0.39, 0.29) is 6.10 Å². The molecule has 4 heteroatoms. The van der Waals surface area contributed by atoms with Gasteiger partial charge < -0.3 is 14.4 Å². The summed E-state index contributed by atoms with van der Waals surface area (Å²) in [6.45, 7) is 0.775. The van der Waals surface area contributed by atoms with E-state index < -0.39 is 0 Å². The minimum Gasteiger partial charge on any atom is -0.497 e. The monoisotopic (exact) mass is 335 g/mol. The Bertz CT molecular complexity index is 621. The first-order chi connectivity index (χ1) is 9.67. The van der Waals surface area contributed by atoms with Gasteiger partial charge in [0.25, 0.3) is 0 Å². The molecule has 0 saturated carbocycles. The van der Waals surface area contributed by atoms with Gasteiger partial charge in [-0.05, 0) is 48.6 Å². The van der Waals surface area contributed by atoms with Crippen LogP contribution in [0.4, 0.5) is 0 Å². The highest BCUT2D eigenvalue weighted by atomic mass is 79.9. The molecule has 1 aromatic carbocycles. The lowest BCUT2D eigenvalue weighted by molar-refractivity contribution is 0.157. The maximum absolute atomic E-state index is 10.0. The number of aliphatic hydroxyl groups is 1. The Labute approximate surface area is 127 Å². The zero-order chi connectivity index (χ0) is 14.1. The number of hydrogen-bond donors (Lipinski definition) is 1. The highest BCUT2D eigenvalue weighted by Gasteiger charge is 2.20. The van der Waals surface area contributed by atoms with Gasteiger partial charge in [-0.3, -0.25) is 0 Å². The van der Waals surface area contributed by atoms with Gasteiger partial charge in [0.05, 0.1) is 13.2 Å². The molecule has 0 bridgehead atoms. The molecular weight excluding hydrogens is 318 g/mol. The Balaban J connectivity index is 1.88. The first-order valence-corrected chi connectivity index (χ1v) is 7.65. The van der Waals surface area contributed by atoms with Gasteiger partial charge in [0, 0.05) is 29.0 Å². The zero-order valence-electron chi connectivity index (χ0n) is 11.5. The number of aliphatic hydroxyl groups excluding tert-OH is 1. The van der Waals surface area contributed by atoms with Gasteiger partial charge in [-0.2, -0.15) is 0 Å². The van der Waals surface area contributed by atoms with Gasteiger partial charge in [-0.15, -0.1) is 0 Å². The van der Waals surface area contributed by atoms with Gasteiger partial charge in [0.2, 0.25) is 0 Å². The lowest BCUT2D eigenvalue weighted by Crippen LogP contribution is -2.05. The molecule has 1 N–H and O–H groups in total. The lowest BCUT2D eigenvalue weighted by atomic mass is 9.93. The minimum absolute atomic E-state index is 0.297. The molecule has 1 aliphatic carbocycles. The van der Waals surface area contributed by atoms with E-state index in [2.05, 4.69) is 32.9 Å². The molecule has 1 aliphatic rings. The van der Waals surface area contributed by atoms with Gasteiger partial charge in [-0.25, -0.2) is 0 Å². The van der Waals surface area contributed by atoms with Gasteiger partial charge in [-0.1, -0.05) is 15.9 Å². The summed E-state index contributed by atoms with van der Waals surface area (Å²) in [7, 11) is 1.68. The van der Waals surface area contributed by atoms with Crippen LogP contribution in [0.2, 0.25) is 0 Å². The second kappa shape index (κ2) is 5.62. The van der Waals surface area contributed by atoms with Crippen molar-refractivity contribution < 1.29 is 9.84 Å². The predicted molar refractivity (Wildman–Crippen MR) is 82.1 cm³/mol. The average Bonchev–Trinajstić information content (AvgIpc) is 2.85. The van der Waals surface area contributed by atoms with Crippen molar-refractivity contribution in [2.75, 3.05) is 7.11 Å². The van der Waals surface area contributed by atoms with Crippen molar-refractivity contribution in [2.24, 2.45) is 0 Å². The molecule has 0 saturated heterocycles. The summed E-state index contributed by atoms with van der Waals surface area (Å²) in [6, 6.07) is 5.99. The number of aryl methyl sites for hydroxylation is 1. The van der Waals surface area contributed by atoms with Gasteiger partial charge in [0.1, 0.15) is 5.75 Å². The number of halogens is 1. The van der Waals surface area contributed by atoms with Crippen LogP contribution in [-0.2, 0) is 13.0 Å². The Morgan fingerprint density at radius 1 is 1.40 bits per heavy atom. The number of fused-ring (bicyclic) bond motifs is 1. The van der Waals surface area contributed by atoms with Crippen molar-refractivity contribution in [3.63, 3.8) is 0 Å².